The first-order chi connectivity index (χ1) is 7.58. The number of hydrogen-bond acceptors (Lipinski definition) is 5. The molecule has 0 unspecified atom stereocenters. The molecule has 1 aromatic heterocycles. The fourth-order valence-electron chi connectivity index (χ4n) is 1.92. The van der Waals surface area contributed by atoms with Gasteiger partial charge in [0.15, 0.2) is 0 Å². The SMILES string of the molecule is Cc1nnsc1C(=O)N1C[C@@H](C)O[C@H](C)C1. The van der Waals surface area contributed by atoms with Crippen molar-refractivity contribution in [2.45, 2.75) is 33.0 Å². The van der Waals surface area contributed by atoms with Crippen molar-refractivity contribution in [3.8, 4) is 0 Å². The van der Waals surface area contributed by atoms with Gasteiger partial charge in [0.2, 0.25) is 0 Å². The molecule has 1 aliphatic rings. The first kappa shape index (κ1) is 11.5. The second-order valence-electron chi connectivity index (χ2n) is 4.15. The van der Waals surface area contributed by atoms with E-state index in [0.717, 1.165) is 11.5 Å². The number of carbonyl (C=O) groups is 1. The minimum Gasteiger partial charge on any atom is -0.372 e. The third-order valence-corrected chi connectivity index (χ3v) is 3.37. The molecular formula is C10H15N3O2S. The van der Waals surface area contributed by atoms with Gasteiger partial charge in [-0.1, -0.05) is 4.49 Å². The van der Waals surface area contributed by atoms with Gasteiger partial charge >= 0.3 is 0 Å². The summed E-state index contributed by atoms with van der Waals surface area (Å²) in [6.45, 7) is 7.05. The Morgan fingerprint density at radius 3 is 2.56 bits per heavy atom. The van der Waals surface area contributed by atoms with Gasteiger partial charge < -0.3 is 9.64 Å². The quantitative estimate of drug-likeness (QED) is 0.738. The molecule has 0 bridgehead atoms. The summed E-state index contributed by atoms with van der Waals surface area (Å²) >= 11 is 1.16. The number of ether oxygens (including phenoxy) is 1. The van der Waals surface area contributed by atoms with Gasteiger partial charge in [-0.2, -0.15) is 0 Å². The zero-order chi connectivity index (χ0) is 11.7. The average Bonchev–Trinajstić information content (AvgIpc) is 2.62. The van der Waals surface area contributed by atoms with Gasteiger partial charge in [-0.25, -0.2) is 0 Å². The van der Waals surface area contributed by atoms with Crippen LogP contribution in [0.3, 0.4) is 0 Å². The van der Waals surface area contributed by atoms with E-state index in [-0.39, 0.29) is 18.1 Å². The molecule has 0 N–H and O–H groups in total. The van der Waals surface area contributed by atoms with E-state index in [0.29, 0.717) is 23.7 Å². The summed E-state index contributed by atoms with van der Waals surface area (Å²) in [5.41, 5.74) is 0.710. The van der Waals surface area contributed by atoms with Crippen LogP contribution in [0.4, 0.5) is 0 Å². The minimum absolute atomic E-state index is 0.0227. The number of aromatic nitrogens is 2. The van der Waals surface area contributed by atoms with Crippen molar-refractivity contribution in [2.75, 3.05) is 13.1 Å². The van der Waals surface area contributed by atoms with E-state index in [2.05, 4.69) is 9.59 Å². The van der Waals surface area contributed by atoms with E-state index >= 15 is 0 Å². The van der Waals surface area contributed by atoms with Crippen LogP contribution in [0.5, 0.6) is 0 Å². The molecule has 5 nitrogen and oxygen atoms in total. The molecular weight excluding hydrogens is 226 g/mol. The second kappa shape index (κ2) is 4.47. The van der Waals surface area contributed by atoms with Gasteiger partial charge in [0.1, 0.15) is 4.88 Å². The standard InChI is InChI=1S/C10H15N3O2S/c1-6-4-13(5-7(2)15-6)10(14)9-8(3)11-12-16-9/h6-7H,4-5H2,1-3H3/t6-,7-/m1/s1. The largest absolute Gasteiger partial charge is 0.372 e. The Labute approximate surface area is 98.6 Å². The Morgan fingerprint density at radius 2 is 2.06 bits per heavy atom. The summed E-state index contributed by atoms with van der Waals surface area (Å²) in [6.07, 6.45) is 0.183. The van der Waals surface area contributed by atoms with Gasteiger partial charge in [-0.15, -0.1) is 5.10 Å². The van der Waals surface area contributed by atoms with Crippen molar-refractivity contribution in [1.82, 2.24) is 14.5 Å². The lowest BCUT2D eigenvalue weighted by atomic mass is 10.2. The van der Waals surface area contributed by atoms with Crippen LogP contribution in [0, 0.1) is 6.92 Å². The zero-order valence-corrected chi connectivity index (χ0v) is 10.5. The van der Waals surface area contributed by atoms with Crippen molar-refractivity contribution in [2.24, 2.45) is 0 Å². The van der Waals surface area contributed by atoms with Gasteiger partial charge in [-0.05, 0) is 32.3 Å². The highest BCUT2D eigenvalue weighted by atomic mass is 32.1. The van der Waals surface area contributed by atoms with E-state index in [1.165, 1.54) is 0 Å². The number of aryl methyl sites for hydroxylation is 1. The first-order valence-corrected chi connectivity index (χ1v) is 6.09. The Kier molecular flexibility index (Phi) is 3.20. The number of hydrogen-bond donors (Lipinski definition) is 0. The highest BCUT2D eigenvalue weighted by Gasteiger charge is 2.28. The van der Waals surface area contributed by atoms with Crippen LogP contribution >= 0.6 is 11.5 Å². The van der Waals surface area contributed by atoms with E-state index in [1.54, 1.807) is 0 Å². The van der Waals surface area contributed by atoms with E-state index in [4.69, 9.17) is 4.74 Å². The van der Waals surface area contributed by atoms with Gasteiger partial charge in [-0.3, -0.25) is 4.79 Å². The zero-order valence-electron chi connectivity index (χ0n) is 9.64. The van der Waals surface area contributed by atoms with Crippen LogP contribution in [0.15, 0.2) is 0 Å². The molecule has 1 fully saturated rings. The molecule has 1 amide bonds. The van der Waals surface area contributed by atoms with Gasteiger partial charge in [0.25, 0.3) is 5.91 Å². The highest BCUT2D eigenvalue weighted by molar-refractivity contribution is 7.07. The maximum Gasteiger partial charge on any atom is 0.267 e. The van der Waals surface area contributed by atoms with E-state index in [9.17, 15) is 4.79 Å². The van der Waals surface area contributed by atoms with E-state index in [1.807, 2.05) is 25.7 Å². The number of carbonyl (C=O) groups excluding carboxylic acids is 1. The maximum absolute atomic E-state index is 12.2. The monoisotopic (exact) mass is 241 g/mol. The van der Waals surface area contributed by atoms with Crippen LogP contribution in [0.1, 0.15) is 29.2 Å². The van der Waals surface area contributed by atoms with Crippen LogP contribution in [-0.2, 0) is 4.74 Å². The molecule has 0 aliphatic carbocycles. The molecule has 2 rings (SSSR count). The van der Waals surface area contributed by atoms with Crippen molar-refractivity contribution in [1.29, 1.82) is 0 Å². The van der Waals surface area contributed by atoms with Crippen LogP contribution in [0.2, 0.25) is 0 Å². The van der Waals surface area contributed by atoms with Crippen LogP contribution < -0.4 is 0 Å². The molecule has 1 aromatic rings. The third-order valence-electron chi connectivity index (χ3n) is 2.55. The molecule has 1 saturated heterocycles. The molecule has 1 aliphatic heterocycles. The molecule has 0 radical (unpaired) electrons. The van der Waals surface area contributed by atoms with Crippen LogP contribution in [-0.4, -0.2) is 45.7 Å². The van der Waals surface area contributed by atoms with Gasteiger partial charge in [0.05, 0.1) is 17.9 Å². The lowest BCUT2D eigenvalue weighted by Crippen LogP contribution is -2.48. The number of morpholine rings is 1. The topological polar surface area (TPSA) is 55.3 Å². The lowest BCUT2D eigenvalue weighted by Gasteiger charge is -2.35. The maximum atomic E-state index is 12.2. The summed E-state index contributed by atoms with van der Waals surface area (Å²) in [6, 6.07) is 0. The summed E-state index contributed by atoms with van der Waals surface area (Å²) in [5, 5.41) is 3.86. The molecule has 0 spiro atoms. The number of amides is 1. The van der Waals surface area contributed by atoms with Crippen molar-refractivity contribution < 1.29 is 9.53 Å². The van der Waals surface area contributed by atoms with Crippen molar-refractivity contribution in [3.05, 3.63) is 10.6 Å². The number of rotatable bonds is 1. The number of nitrogens with zero attached hydrogens (tertiary/aromatic N) is 3. The molecule has 2 atom stereocenters. The molecule has 2 heterocycles. The smallest absolute Gasteiger partial charge is 0.267 e. The van der Waals surface area contributed by atoms with E-state index < -0.39 is 0 Å². The summed E-state index contributed by atoms with van der Waals surface area (Å²) < 4.78 is 9.38. The fourth-order valence-corrected chi connectivity index (χ4v) is 2.54. The Morgan fingerprint density at radius 1 is 1.44 bits per heavy atom. The second-order valence-corrected chi connectivity index (χ2v) is 4.91. The molecule has 0 aromatic carbocycles. The van der Waals surface area contributed by atoms with Crippen LogP contribution in [0.25, 0.3) is 0 Å². The van der Waals surface area contributed by atoms with Gasteiger partial charge in [0, 0.05) is 13.1 Å². The average molecular weight is 241 g/mol. The summed E-state index contributed by atoms with van der Waals surface area (Å²) in [7, 11) is 0. The summed E-state index contributed by atoms with van der Waals surface area (Å²) in [4.78, 5) is 14.6. The third kappa shape index (κ3) is 2.22. The first-order valence-electron chi connectivity index (χ1n) is 5.31. The minimum atomic E-state index is 0.0227. The fraction of sp³-hybridized carbons (Fsp3) is 0.700. The highest BCUT2D eigenvalue weighted by Crippen LogP contribution is 2.17. The predicted octanol–water partition coefficient (Wildman–Crippen LogP) is 1.10. The summed E-state index contributed by atoms with van der Waals surface area (Å²) in [5.74, 6) is 0.0227. The molecule has 0 saturated carbocycles. The molecule has 88 valence electrons. The normalized spacial score (nSPS) is 25.8. The van der Waals surface area contributed by atoms with Crippen molar-refractivity contribution in [3.63, 3.8) is 0 Å². The molecule has 6 heteroatoms. The molecule has 16 heavy (non-hydrogen) atoms. The van der Waals surface area contributed by atoms with Crippen molar-refractivity contribution >= 4 is 17.4 Å². The predicted molar refractivity (Wildman–Crippen MR) is 60.6 cm³/mol. The Bertz CT molecular complexity index is 383. The Hall–Kier alpha value is -1.01. The lowest BCUT2D eigenvalue weighted by molar-refractivity contribution is -0.0585. The Balaban J connectivity index is 2.13.